The van der Waals surface area contributed by atoms with E-state index >= 15 is 0 Å². The Balaban J connectivity index is 1.57. The second-order valence-corrected chi connectivity index (χ2v) is 12.1. The van der Waals surface area contributed by atoms with E-state index in [9.17, 15) is 9.59 Å². The molecular formula is C31H46N8O5. The van der Waals surface area contributed by atoms with E-state index < -0.39 is 11.7 Å². The molecule has 3 aromatic heterocycles. The van der Waals surface area contributed by atoms with E-state index in [1.54, 1.807) is 18.2 Å². The number of amides is 2. The van der Waals surface area contributed by atoms with Gasteiger partial charge >= 0.3 is 12.2 Å². The van der Waals surface area contributed by atoms with Crippen LogP contribution < -0.4 is 15.4 Å². The maximum atomic E-state index is 12.5. The van der Waals surface area contributed by atoms with Crippen LogP contribution in [0, 0.1) is 0 Å². The van der Waals surface area contributed by atoms with Gasteiger partial charge in [-0.1, -0.05) is 26.7 Å². The van der Waals surface area contributed by atoms with Crippen molar-refractivity contribution in [1.82, 2.24) is 29.6 Å². The van der Waals surface area contributed by atoms with Crippen LogP contribution in [0.5, 0.6) is 5.75 Å². The fourth-order valence-electron chi connectivity index (χ4n) is 5.45. The summed E-state index contributed by atoms with van der Waals surface area (Å²) in [6, 6.07) is 2.19. The molecule has 0 aromatic carbocycles. The first-order valence-corrected chi connectivity index (χ1v) is 15.4. The van der Waals surface area contributed by atoms with Gasteiger partial charge in [-0.15, -0.1) is 0 Å². The zero-order chi connectivity index (χ0) is 31.9. The Morgan fingerprint density at radius 3 is 2.39 bits per heavy atom. The highest BCUT2D eigenvalue weighted by atomic mass is 16.6. The van der Waals surface area contributed by atoms with Gasteiger partial charge in [0.15, 0.2) is 5.82 Å². The summed E-state index contributed by atoms with van der Waals surface area (Å²) in [7, 11) is 2.94. The van der Waals surface area contributed by atoms with Gasteiger partial charge in [-0.05, 0) is 46.5 Å². The van der Waals surface area contributed by atoms with Crippen LogP contribution in [0.3, 0.4) is 0 Å². The number of hydrogen-bond donors (Lipinski definition) is 2. The van der Waals surface area contributed by atoms with E-state index in [-0.39, 0.29) is 24.0 Å². The number of piperidine rings is 1. The van der Waals surface area contributed by atoms with Gasteiger partial charge in [-0.25, -0.2) is 14.6 Å². The van der Waals surface area contributed by atoms with Gasteiger partial charge in [-0.2, -0.15) is 10.1 Å². The lowest BCUT2D eigenvalue weighted by molar-refractivity contribution is 0.0204. The molecule has 0 atom stereocenters. The topological polar surface area (TPSA) is 146 Å². The third kappa shape index (κ3) is 8.26. The Labute approximate surface area is 259 Å². The summed E-state index contributed by atoms with van der Waals surface area (Å²) in [4.78, 5) is 40.1. The monoisotopic (exact) mass is 610 g/mol. The highest BCUT2D eigenvalue weighted by Crippen LogP contribution is 2.32. The third-order valence-corrected chi connectivity index (χ3v) is 7.57. The van der Waals surface area contributed by atoms with Crippen LogP contribution in [0.1, 0.15) is 90.3 Å². The number of fused-ring (bicyclic) bond motifs is 1. The normalized spacial score (nSPS) is 14.1. The van der Waals surface area contributed by atoms with Gasteiger partial charge in [0.1, 0.15) is 22.4 Å². The van der Waals surface area contributed by atoms with Crippen molar-refractivity contribution in [2.24, 2.45) is 0 Å². The van der Waals surface area contributed by atoms with Gasteiger partial charge in [0, 0.05) is 48.6 Å². The van der Waals surface area contributed by atoms with Crippen molar-refractivity contribution < 1.29 is 23.8 Å². The van der Waals surface area contributed by atoms with Gasteiger partial charge in [-0.3, -0.25) is 15.0 Å². The van der Waals surface area contributed by atoms with Crippen LogP contribution in [-0.2, 0) is 16.0 Å². The number of ether oxygens (including phenoxy) is 3. The molecule has 13 nitrogen and oxygen atoms in total. The maximum absolute atomic E-state index is 12.5. The predicted octanol–water partition coefficient (Wildman–Crippen LogP) is 5.95. The zero-order valence-electron chi connectivity index (χ0n) is 27.0. The van der Waals surface area contributed by atoms with Gasteiger partial charge in [0.25, 0.3) is 0 Å². The van der Waals surface area contributed by atoms with E-state index in [1.807, 2.05) is 37.7 Å². The molecule has 240 valence electrons. The van der Waals surface area contributed by atoms with Crippen LogP contribution in [0.25, 0.3) is 11.0 Å². The fraction of sp³-hybridized carbons (Fsp3) is 0.613. The molecule has 44 heavy (non-hydrogen) atoms. The number of hydrogen-bond acceptors (Lipinski definition) is 10. The molecule has 1 aliphatic rings. The SMILES string of the molecule is CCCC(CCC)Nc1nc(NC(=O)OC)nc2cnn(Cc3cnc(C4CCN(C(=O)OC(C)(C)C)CC4)cc3OC)c12. The summed E-state index contributed by atoms with van der Waals surface area (Å²) in [6.45, 7) is 11.5. The minimum atomic E-state index is -0.646. The van der Waals surface area contributed by atoms with Crippen molar-refractivity contribution in [1.29, 1.82) is 0 Å². The van der Waals surface area contributed by atoms with Crippen molar-refractivity contribution in [3.63, 3.8) is 0 Å². The van der Waals surface area contributed by atoms with E-state index in [0.29, 0.717) is 36.7 Å². The molecule has 1 saturated heterocycles. The third-order valence-electron chi connectivity index (χ3n) is 7.57. The molecule has 2 amide bonds. The standard InChI is InChI=1S/C31H46N8O5/c1-8-10-22(11-9-2)34-27-26-24(35-28(36-27)37-29(40)43-7)18-33-39(26)19-21-17-32-23(16-25(21)42-6)20-12-14-38(15-13-20)30(41)44-31(3,4)5/h16-18,20,22H,8-15,19H2,1-7H3,(H2,34,35,36,37,40). The molecule has 0 spiro atoms. The molecule has 13 heteroatoms. The summed E-state index contributed by atoms with van der Waals surface area (Å²) in [5.74, 6) is 1.65. The number of aromatic nitrogens is 5. The average molecular weight is 611 g/mol. The first-order valence-electron chi connectivity index (χ1n) is 15.4. The van der Waals surface area contributed by atoms with Gasteiger partial charge < -0.3 is 24.4 Å². The second-order valence-electron chi connectivity index (χ2n) is 12.1. The highest BCUT2D eigenvalue weighted by molar-refractivity contribution is 5.89. The number of anilines is 2. The Bertz CT molecular complexity index is 1420. The molecule has 3 aromatic rings. The van der Waals surface area contributed by atoms with Crippen LogP contribution in [0.15, 0.2) is 18.5 Å². The van der Waals surface area contributed by atoms with Crippen molar-refractivity contribution in [2.45, 2.75) is 97.2 Å². The van der Waals surface area contributed by atoms with E-state index in [1.165, 1.54) is 7.11 Å². The molecule has 0 aliphatic carbocycles. The molecule has 0 saturated carbocycles. The Morgan fingerprint density at radius 2 is 1.77 bits per heavy atom. The molecule has 4 rings (SSSR count). The molecule has 1 aliphatic heterocycles. The number of pyridine rings is 1. The molecule has 1 fully saturated rings. The lowest BCUT2D eigenvalue weighted by atomic mass is 9.93. The lowest BCUT2D eigenvalue weighted by Crippen LogP contribution is -2.41. The molecule has 0 unspecified atom stereocenters. The fourth-order valence-corrected chi connectivity index (χ4v) is 5.45. The van der Waals surface area contributed by atoms with Crippen molar-refractivity contribution in [2.75, 3.05) is 37.9 Å². The van der Waals surface area contributed by atoms with Gasteiger partial charge in [0.2, 0.25) is 5.95 Å². The minimum absolute atomic E-state index is 0.138. The number of carbonyl (C=O) groups is 2. The number of methoxy groups -OCH3 is 2. The number of rotatable bonds is 11. The van der Waals surface area contributed by atoms with Crippen molar-refractivity contribution >= 4 is 35.0 Å². The summed E-state index contributed by atoms with van der Waals surface area (Å²) in [5, 5.41) is 10.8. The number of nitrogens with one attached hydrogen (secondary N) is 2. The maximum Gasteiger partial charge on any atom is 0.413 e. The molecule has 0 bridgehead atoms. The van der Waals surface area contributed by atoms with Crippen LogP contribution in [0.2, 0.25) is 0 Å². The van der Waals surface area contributed by atoms with Crippen molar-refractivity contribution in [3.8, 4) is 5.75 Å². The highest BCUT2D eigenvalue weighted by Gasteiger charge is 2.28. The van der Waals surface area contributed by atoms with Crippen LogP contribution in [-0.4, -0.2) is 80.8 Å². The summed E-state index contributed by atoms with van der Waals surface area (Å²) in [6.07, 6.45) is 8.16. The summed E-state index contributed by atoms with van der Waals surface area (Å²) >= 11 is 0. The Kier molecular flexibility index (Phi) is 10.8. The number of carbonyl (C=O) groups excluding carboxylic acids is 2. The first-order chi connectivity index (χ1) is 21.0. The van der Waals surface area contributed by atoms with Gasteiger partial charge in [0.05, 0.1) is 27.0 Å². The smallest absolute Gasteiger partial charge is 0.413 e. The zero-order valence-corrected chi connectivity index (χ0v) is 27.0. The molecule has 0 radical (unpaired) electrons. The van der Waals surface area contributed by atoms with Crippen LogP contribution >= 0.6 is 0 Å². The first kappa shape index (κ1) is 32.7. The van der Waals surface area contributed by atoms with Crippen LogP contribution in [0.4, 0.5) is 21.4 Å². The molecule has 2 N–H and O–H groups in total. The predicted molar refractivity (Wildman–Crippen MR) is 168 cm³/mol. The Hall–Kier alpha value is -4.16. The Morgan fingerprint density at radius 1 is 1.07 bits per heavy atom. The van der Waals surface area contributed by atoms with E-state index in [2.05, 4.69) is 39.5 Å². The summed E-state index contributed by atoms with van der Waals surface area (Å²) in [5.41, 5.74) is 2.58. The second kappa shape index (κ2) is 14.5. The number of nitrogens with zero attached hydrogens (tertiary/aromatic N) is 6. The molecule has 4 heterocycles. The van der Waals surface area contributed by atoms with E-state index in [0.717, 1.165) is 55.3 Å². The summed E-state index contributed by atoms with van der Waals surface area (Å²) < 4.78 is 17.9. The average Bonchev–Trinajstić information content (AvgIpc) is 3.39. The minimum Gasteiger partial charge on any atom is -0.496 e. The van der Waals surface area contributed by atoms with Crippen molar-refractivity contribution in [3.05, 3.63) is 29.7 Å². The quantitative estimate of drug-likeness (QED) is 0.267. The lowest BCUT2D eigenvalue weighted by Gasteiger charge is -2.33. The number of likely N-dealkylation sites (tertiary alicyclic amines) is 1. The molecular weight excluding hydrogens is 564 g/mol. The largest absolute Gasteiger partial charge is 0.496 e. The van der Waals surface area contributed by atoms with E-state index in [4.69, 9.17) is 19.2 Å².